The Labute approximate surface area is 105 Å². The van der Waals surface area contributed by atoms with E-state index in [0.717, 1.165) is 32.3 Å². The van der Waals surface area contributed by atoms with Crippen LogP contribution in [-0.4, -0.2) is 50.3 Å². The van der Waals surface area contributed by atoms with E-state index in [4.69, 9.17) is 4.74 Å². The number of hydrogen-bond acceptors (Lipinski definition) is 3. The predicted octanol–water partition coefficient (Wildman–Crippen LogP) is 1.30. The molecule has 92 valence electrons. The fraction of sp³-hybridized carbons (Fsp3) is 1.00. The molecule has 1 atom stereocenters. The lowest BCUT2D eigenvalue weighted by molar-refractivity contribution is 0.0321. The Bertz CT molecular complexity index is 132. The SMILES string of the molecule is C1CCC(CN2CCOCC2)NC1.Cl.Cl. The van der Waals surface area contributed by atoms with Crippen LogP contribution in [0.4, 0.5) is 0 Å². The fourth-order valence-electron chi connectivity index (χ4n) is 2.18. The standard InChI is InChI=1S/C10H20N2O.2ClH/c1-2-4-11-10(3-1)9-12-5-7-13-8-6-12;;/h10-11H,1-9H2;2*1H. The van der Waals surface area contributed by atoms with E-state index < -0.39 is 0 Å². The molecule has 0 saturated carbocycles. The molecular formula is C10H22Cl2N2O. The third-order valence-corrected chi connectivity index (χ3v) is 2.99. The van der Waals surface area contributed by atoms with Crippen molar-refractivity contribution in [1.29, 1.82) is 0 Å². The number of halogens is 2. The number of nitrogens with zero attached hydrogens (tertiary/aromatic N) is 1. The second-order valence-electron chi connectivity index (χ2n) is 4.06. The highest BCUT2D eigenvalue weighted by Crippen LogP contribution is 2.09. The molecule has 5 heteroatoms. The fourth-order valence-corrected chi connectivity index (χ4v) is 2.18. The molecule has 0 aromatic rings. The zero-order chi connectivity index (χ0) is 8.93. The minimum atomic E-state index is 0. The molecule has 0 aromatic heterocycles. The van der Waals surface area contributed by atoms with Crippen molar-refractivity contribution in [2.45, 2.75) is 25.3 Å². The maximum atomic E-state index is 5.33. The molecule has 2 aliphatic rings. The summed E-state index contributed by atoms with van der Waals surface area (Å²) in [6, 6.07) is 0.742. The summed E-state index contributed by atoms with van der Waals surface area (Å²) in [5.41, 5.74) is 0. The van der Waals surface area contributed by atoms with E-state index in [1.165, 1.54) is 32.4 Å². The predicted molar refractivity (Wildman–Crippen MR) is 67.4 cm³/mol. The molecule has 0 radical (unpaired) electrons. The second kappa shape index (κ2) is 8.59. The summed E-state index contributed by atoms with van der Waals surface area (Å²) in [6.45, 7) is 6.54. The summed E-state index contributed by atoms with van der Waals surface area (Å²) < 4.78 is 5.33. The molecule has 0 aromatic carbocycles. The average molecular weight is 257 g/mol. The first-order valence-electron chi connectivity index (χ1n) is 5.48. The summed E-state index contributed by atoms with van der Waals surface area (Å²) in [6.07, 6.45) is 4.12. The molecule has 15 heavy (non-hydrogen) atoms. The van der Waals surface area contributed by atoms with E-state index in [2.05, 4.69) is 10.2 Å². The van der Waals surface area contributed by atoms with Gasteiger partial charge in [-0.25, -0.2) is 0 Å². The largest absolute Gasteiger partial charge is 0.379 e. The zero-order valence-electron chi connectivity index (χ0n) is 9.11. The van der Waals surface area contributed by atoms with Crippen LogP contribution in [0.2, 0.25) is 0 Å². The second-order valence-corrected chi connectivity index (χ2v) is 4.06. The van der Waals surface area contributed by atoms with Gasteiger partial charge in [-0.2, -0.15) is 0 Å². The highest BCUT2D eigenvalue weighted by molar-refractivity contribution is 5.85. The molecular weight excluding hydrogens is 235 g/mol. The number of rotatable bonds is 2. The monoisotopic (exact) mass is 256 g/mol. The Morgan fingerprint density at radius 2 is 1.87 bits per heavy atom. The van der Waals surface area contributed by atoms with E-state index in [0.29, 0.717) is 0 Å². The quantitative estimate of drug-likeness (QED) is 0.807. The molecule has 1 N–H and O–H groups in total. The van der Waals surface area contributed by atoms with Crippen molar-refractivity contribution in [2.24, 2.45) is 0 Å². The van der Waals surface area contributed by atoms with E-state index >= 15 is 0 Å². The molecule has 3 nitrogen and oxygen atoms in total. The van der Waals surface area contributed by atoms with Gasteiger partial charge >= 0.3 is 0 Å². The van der Waals surface area contributed by atoms with Crippen LogP contribution in [0.1, 0.15) is 19.3 Å². The van der Waals surface area contributed by atoms with Crippen molar-refractivity contribution in [3.8, 4) is 0 Å². The number of morpholine rings is 1. The topological polar surface area (TPSA) is 24.5 Å². The Morgan fingerprint density at radius 3 is 2.47 bits per heavy atom. The maximum absolute atomic E-state index is 5.33. The maximum Gasteiger partial charge on any atom is 0.0594 e. The molecule has 2 saturated heterocycles. The Hall–Kier alpha value is 0.460. The van der Waals surface area contributed by atoms with Crippen molar-refractivity contribution in [1.82, 2.24) is 10.2 Å². The number of piperidine rings is 1. The van der Waals surface area contributed by atoms with Gasteiger partial charge in [0, 0.05) is 25.7 Å². The van der Waals surface area contributed by atoms with Crippen molar-refractivity contribution in [3.63, 3.8) is 0 Å². The van der Waals surface area contributed by atoms with Crippen LogP contribution in [-0.2, 0) is 4.74 Å². The summed E-state index contributed by atoms with van der Waals surface area (Å²) in [5, 5.41) is 3.58. The van der Waals surface area contributed by atoms with Gasteiger partial charge in [0.25, 0.3) is 0 Å². The highest BCUT2D eigenvalue weighted by Gasteiger charge is 2.17. The van der Waals surface area contributed by atoms with Crippen LogP contribution in [0.15, 0.2) is 0 Å². The summed E-state index contributed by atoms with van der Waals surface area (Å²) >= 11 is 0. The van der Waals surface area contributed by atoms with Gasteiger partial charge in [0.05, 0.1) is 13.2 Å². The lowest BCUT2D eigenvalue weighted by Crippen LogP contribution is -2.47. The molecule has 0 bridgehead atoms. The third-order valence-electron chi connectivity index (χ3n) is 2.99. The van der Waals surface area contributed by atoms with Crippen LogP contribution >= 0.6 is 24.8 Å². The smallest absolute Gasteiger partial charge is 0.0594 e. The van der Waals surface area contributed by atoms with Gasteiger partial charge in [-0.15, -0.1) is 24.8 Å². The lowest BCUT2D eigenvalue weighted by Gasteiger charge is -2.32. The molecule has 2 rings (SSSR count). The number of nitrogens with one attached hydrogen (secondary N) is 1. The minimum absolute atomic E-state index is 0. The van der Waals surface area contributed by atoms with Gasteiger partial charge in [-0.1, -0.05) is 6.42 Å². The van der Waals surface area contributed by atoms with Crippen molar-refractivity contribution < 1.29 is 4.74 Å². The highest BCUT2D eigenvalue weighted by atomic mass is 35.5. The van der Waals surface area contributed by atoms with Crippen molar-refractivity contribution in [3.05, 3.63) is 0 Å². The van der Waals surface area contributed by atoms with Gasteiger partial charge in [-0.05, 0) is 19.4 Å². The van der Waals surface area contributed by atoms with E-state index in [1.807, 2.05) is 0 Å². The first-order chi connectivity index (χ1) is 6.45. The van der Waals surface area contributed by atoms with E-state index in [-0.39, 0.29) is 24.8 Å². The first kappa shape index (κ1) is 15.5. The third kappa shape index (κ3) is 5.36. The van der Waals surface area contributed by atoms with Gasteiger partial charge in [0.15, 0.2) is 0 Å². The van der Waals surface area contributed by atoms with Gasteiger partial charge in [0.2, 0.25) is 0 Å². The van der Waals surface area contributed by atoms with Crippen LogP contribution in [0.3, 0.4) is 0 Å². The molecule has 1 unspecified atom stereocenters. The molecule has 2 heterocycles. The summed E-state index contributed by atoms with van der Waals surface area (Å²) in [7, 11) is 0. The summed E-state index contributed by atoms with van der Waals surface area (Å²) in [5.74, 6) is 0. The van der Waals surface area contributed by atoms with Gasteiger partial charge in [0.1, 0.15) is 0 Å². The van der Waals surface area contributed by atoms with Crippen molar-refractivity contribution in [2.75, 3.05) is 39.4 Å². The van der Waals surface area contributed by atoms with Crippen LogP contribution < -0.4 is 5.32 Å². The first-order valence-corrected chi connectivity index (χ1v) is 5.48. The summed E-state index contributed by atoms with van der Waals surface area (Å²) in [4.78, 5) is 2.52. The van der Waals surface area contributed by atoms with Crippen LogP contribution in [0, 0.1) is 0 Å². The average Bonchev–Trinajstić information content (AvgIpc) is 2.21. The molecule has 0 spiro atoms. The molecule has 0 amide bonds. The Kier molecular flexibility index (Phi) is 8.86. The number of hydrogen-bond donors (Lipinski definition) is 1. The van der Waals surface area contributed by atoms with E-state index in [1.54, 1.807) is 0 Å². The van der Waals surface area contributed by atoms with E-state index in [9.17, 15) is 0 Å². The molecule has 2 aliphatic heterocycles. The normalized spacial score (nSPS) is 27.6. The van der Waals surface area contributed by atoms with Gasteiger partial charge in [-0.3, -0.25) is 4.90 Å². The zero-order valence-corrected chi connectivity index (χ0v) is 10.7. The van der Waals surface area contributed by atoms with Crippen LogP contribution in [0.5, 0.6) is 0 Å². The Balaban J connectivity index is 0.000000980. The minimum Gasteiger partial charge on any atom is -0.379 e. The lowest BCUT2D eigenvalue weighted by atomic mass is 10.0. The molecule has 2 fully saturated rings. The Morgan fingerprint density at radius 1 is 1.13 bits per heavy atom. The molecule has 0 aliphatic carbocycles. The van der Waals surface area contributed by atoms with Crippen molar-refractivity contribution >= 4 is 24.8 Å². The number of ether oxygens (including phenoxy) is 1. The van der Waals surface area contributed by atoms with Crippen LogP contribution in [0.25, 0.3) is 0 Å². The van der Waals surface area contributed by atoms with Gasteiger partial charge < -0.3 is 10.1 Å².